The van der Waals surface area contributed by atoms with E-state index in [1.807, 2.05) is 0 Å². The average molecular weight is 305 g/mol. The second-order valence-corrected chi connectivity index (χ2v) is 3.54. The molecule has 0 radical (unpaired) electrons. The van der Waals surface area contributed by atoms with Crippen molar-refractivity contribution in [2.45, 2.75) is 6.92 Å². The van der Waals surface area contributed by atoms with Gasteiger partial charge in [-0.25, -0.2) is 4.79 Å². The van der Waals surface area contributed by atoms with Gasteiger partial charge in [0.05, 0.1) is 14.9 Å². The van der Waals surface area contributed by atoms with Crippen LogP contribution in [0.2, 0.25) is 0 Å². The summed E-state index contributed by atoms with van der Waals surface area (Å²) in [5.74, 6) is -0.690. The van der Waals surface area contributed by atoms with Crippen LogP contribution in [0.4, 0.5) is 0 Å². The first-order valence-electron chi connectivity index (χ1n) is 2.89. The molecule has 0 unspecified atom stereocenters. The van der Waals surface area contributed by atoms with Crippen LogP contribution in [0.15, 0.2) is 0 Å². The SMILES string of the molecule is CC(=O)OO.O=S1(=O)OOOO1.[O-][Cl+3]([O-])([O-])O. The van der Waals surface area contributed by atoms with E-state index in [0.717, 1.165) is 6.92 Å². The van der Waals surface area contributed by atoms with Crippen molar-refractivity contribution in [2.75, 3.05) is 0 Å². The predicted molar refractivity (Wildman–Crippen MR) is 29.9 cm³/mol. The molecule has 1 heterocycles. The summed E-state index contributed by atoms with van der Waals surface area (Å²) in [6, 6.07) is 0. The maximum absolute atomic E-state index is 9.74. The van der Waals surface area contributed by atoms with Crippen molar-refractivity contribution in [3.8, 4) is 0 Å². The predicted octanol–water partition coefficient (Wildman–Crippen LogP) is -5.05. The number of hydrogen-bond acceptors (Lipinski definition) is 13. The summed E-state index contributed by atoms with van der Waals surface area (Å²) in [4.78, 5) is 12.5. The molecule has 0 atom stereocenters. The highest BCUT2D eigenvalue weighted by atomic mass is 35.7. The monoisotopic (exact) mass is 304 g/mol. The highest BCUT2D eigenvalue weighted by Gasteiger charge is 2.23. The molecule has 0 aliphatic carbocycles. The van der Waals surface area contributed by atoms with Crippen LogP contribution in [0.3, 0.4) is 0 Å². The first kappa shape index (κ1) is 18.7. The largest absolute Gasteiger partial charge is 0.457 e. The van der Waals surface area contributed by atoms with Gasteiger partial charge >= 0.3 is 16.4 Å². The van der Waals surface area contributed by atoms with Gasteiger partial charge in [0, 0.05) is 6.92 Å². The number of carbonyl (C=O) groups is 1. The summed E-state index contributed by atoms with van der Waals surface area (Å²) in [5, 5.41) is 14.0. The van der Waals surface area contributed by atoms with E-state index in [9.17, 15) is 13.2 Å². The molecule has 1 rings (SSSR count). The average Bonchev–Trinajstić information content (AvgIpc) is 2.48. The molecule has 0 aromatic carbocycles. The highest BCUT2D eigenvalue weighted by Crippen LogP contribution is 2.05. The van der Waals surface area contributed by atoms with E-state index in [-0.39, 0.29) is 0 Å². The van der Waals surface area contributed by atoms with Crippen molar-refractivity contribution in [1.29, 1.82) is 0 Å². The summed E-state index contributed by atoms with van der Waals surface area (Å²) in [7, 11) is -8.69. The lowest BCUT2D eigenvalue weighted by atomic mass is 10.9. The fraction of sp³-hybridized carbons (Fsp3) is 0.500. The molecule has 13 nitrogen and oxygen atoms in total. The minimum atomic E-state index is -4.69. The molecular formula is C2H5ClO13S. The molecule has 2 N–H and O–H groups in total. The highest BCUT2D eigenvalue weighted by molar-refractivity contribution is 7.81. The molecule has 1 fully saturated rings. The lowest BCUT2D eigenvalue weighted by molar-refractivity contribution is -1.92. The van der Waals surface area contributed by atoms with E-state index in [4.69, 9.17) is 23.9 Å². The normalized spacial score (nSPS) is 17.1. The van der Waals surface area contributed by atoms with E-state index in [1.165, 1.54) is 0 Å². The molecule has 0 bridgehead atoms. The van der Waals surface area contributed by atoms with Gasteiger partial charge < -0.3 is 4.89 Å². The van der Waals surface area contributed by atoms with Crippen molar-refractivity contribution in [1.82, 2.24) is 0 Å². The van der Waals surface area contributed by atoms with E-state index in [2.05, 4.69) is 23.6 Å². The third-order valence-corrected chi connectivity index (χ3v) is 0.823. The summed E-state index contributed by atoms with van der Waals surface area (Å²) in [6.07, 6.45) is 0. The van der Waals surface area contributed by atoms with Crippen LogP contribution in [0, 0.1) is 10.2 Å². The third kappa shape index (κ3) is 25.5. The Morgan fingerprint density at radius 2 is 1.47 bits per heavy atom. The fourth-order valence-corrected chi connectivity index (χ4v) is 0.306. The van der Waals surface area contributed by atoms with Crippen molar-refractivity contribution in [3.63, 3.8) is 0 Å². The zero-order chi connectivity index (χ0) is 14.1. The third-order valence-electron chi connectivity index (χ3n) is 0.379. The van der Waals surface area contributed by atoms with Gasteiger partial charge in [0.1, 0.15) is 0 Å². The van der Waals surface area contributed by atoms with E-state index in [1.54, 1.807) is 0 Å². The van der Waals surface area contributed by atoms with Gasteiger partial charge in [-0.15, -0.1) is 0 Å². The Hall–Kier alpha value is -0.650. The minimum absolute atomic E-state index is 0.690. The Bertz CT molecular complexity index is 282. The molecule has 1 aliphatic rings. The second kappa shape index (κ2) is 8.44. The van der Waals surface area contributed by atoms with Crippen LogP contribution in [-0.4, -0.2) is 24.3 Å². The summed E-state index contributed by atoms with van der Waals surface area (Å²) in [6.45, 7) is 1.11. The number of hydrogen-bond donors (Lipinski definition) is 2. The van der Waals surface area contributed by atoms with Gasteiger partial charge in [-0.05, 0) is 18.7 Å². The minimum Gasteiger partial charge on any atom is -0.301 e. The topological polar surface area (TPSA) is 207 Å². The maximum atomic E-state index is 9.74. The van der Waals surface area contributed by atoms with Gasteiger partial charge in [0.25, 0.3) is 0 Å². The molecule has 0 amide bonds. The van der Waals surface area contributed by atoms with Crippen molar-refractivity contribution in [3.05, 3.63) is 0 Å². The first-order chi connectivity index (χ1) is 7.48. The Labute approximate surface area is 95.0 Å². The molecule has 1 saturated heterocycles. The number of carbonyl (C=O) groups excluding carboxylic acids is 1. The van der Waals surface area contributed by atoms with Crippen molar-refractivity contribution < 1.29 is 71.0 Å². The summed E-state index contributed by atoms with van der Waals surface area (Å²) in [5.41, 5.74) is 0. The zero-order valence-corrected chi connectivity index (χ0v) is 9.24. The lowest BCUT2D eigenvalue weighted by Gasteiger charge is -2.03. The van der Waals surface area contributed by atoms with E-state index >= 15 is 0 Å². The Morgan fingerprint density at radius 1 is 1.24 bits per heavy atom. The van der Waals surface area contributed by atoms with Crippen molar-refractivity contribution >= 4 is 16.4 Å². The maximum Gasteiger partial charge on any atom is 0.457 e. The molecule has 1 aliphatic heterocycles. The Balaban J connectivity index is 0. The molecule has 0 spiro atoms. The fourth-order valence-electron chi connectivity index (χ4n) is 0.102. The van der Waals surface area contributed by atoms with Crippen LogP contribution in [0.5, 0.6) is 0 Å². The van der Waals surface area contributed by atoms with Gasteiger partial charge in [-0.2, -0.15) is 27.7 Å². The quantitative estimate of drug-likeness (QED) is 0.317. The molecule has 15 heteroatoms. The Kier molecular flexibility index (Phi) is 9.29. The van der Waals surface area contributed by atoms with Gasteiger partial charge in [-0.1, -0.05) is 0 Å². The van der Waals surface area contributed by atoms with Gasteiger partial charge in [0.2, 0.25) is 0 Å². The first-order valence-corrected chi connectivity index (χ1v) is 5.49. The van der Waals surface area contributed by atoms with Crippen molar-refractivity contribution in [2.24, 2.45) is 0 Å². The lowest BCUT2D eigenvalue weighted by Crippen LogP contribution is -2.58. The summed E-state index contributed by atoms with van der Waals surface area (Å²) < 4.78 is 58.9. The molecule has 0 saturated carbocycles. The van der Waals surface area contributed by atoms with E-state index < -0.39 is 26.6 Å². The molecule has 0 aromatic rings. The van der Waals surface area contributed by atoms with Crippen LogP contribution in [-0.2, 0) is 38.8 Å². The smallest absolute Gasteiger partial charge is 0.301 e. The van der Waals surface area contributed by atoms with Crippen LogP contribution in [0.1, 0.15) is 6.92 Å². The molecule has 17 heavy (non-hydrogen) atoms. The number of halogens is 1. The Morgan fingerprint density at radius 3 is 1.53 bits per heavy atom. The van der Waals surface area contributed by atoms with Gasteiger partial charge in [0.15, 0.2) is 0 Å². The van der Waals surface area contributed by atoms with Gasteiger partial charge in [-0.3, -0.25) is 0 Å². The van der Waals surface area contributed by atoms with Crippen LogP contribution >= 0.6 is 0 Å². The molecule has 0 aromatic heterocycles. The second-order valence-electron chi connectivity index (χ2n) is 1.66. The zero-order valence-electron chi connectivity index (χ0n) is 7.67. The van der Waals surface area contributed by atoms with Crippen LogP contribution in [0.25, 0.3) is 0 Å². The molecular weight excluding hydrogens is 300 g/mol. The molecule has 104 valence electrons. The van der Waals surface area contributed by atoms with Crippen LogP contribution < -0.4 is 14.0 Å². The number of rotatable bonds is 0. The van der Waals surface area contributed by atoms with E-state index in [0.29, 0.717) is 0 Å². The summed E-state index contributed by atoms with van der Waals surface area (Å²) >= 11 is 0. The standard InChI is InChI=1S/C2H4O3.ClHO4.O6S/c1-2(3)5-4;2-1(3,4)5;1-7(2)5-3-4-6-7/h4H,1H3;(H,2,3,4,5);.